The molecule has 1 aromatic heterocycles. The minimum Gasteiger partial charge on any atom is -0.258 e. The Kier molecular flexibility index (Phi) is 11.7. The van der Waals surface area contributed by atoms with Crippen molar-refractivity contribution in [3.8, 4) is 56.4 Å². The van der Waals surface area contributed by atoms with Crippen LogP contribution in [0.3, 0.4) is 0 Å². The third kappa shape index (κ3) is 8.35. The fraction of sp³-hybridized carbons (Fsp3) is 0.0345. The van der Waals surface area contributed by atoms with Crippen LogP contribution in [0.15, 0.2) is 228 Å². The topological polar surface area (TPSA) is 63.4 Å². The molecule has 0 aliphatic rings. The van der Waals surface area contributed by atoms with Gasteiger partial charge in [0.25, 0.3) is 0 Å². The summed E-state index contributed by atoms with van der Waals surface area (Å²) in [7, 11) is 0. The Morgan fingerprint density at radius 2 is 0.844 bits per heavy atom. The molecular weight excluding hydrogens is 894 g/mol. The Morgan fingerprint density at radius 3 is 1.34 bits per heavy atom. The second kappa shape index (κ2) is 18.4. The smallest absolute Gasteiger partial charge is 0.164 e. The van der Waals surface area contributed by atoms with E-state index in [1.807, 2.05) is 72.8 Å². The Morgan fingerprint density at radius 1 is 0.422 bits per heavy atom. The normalized spacial score (nSPS) is 12.4. The third-order valence-electron chi connectivity index (χ3n) is 11.4. The largest absolute Gasteiger partial charge is 0.258 e. The Balaban J connectivity index is 1.25. The van der Waals surface area contributed by atoms with E-state index in [2.05, 4.69) is 157 Å². The Labute approximate surface area is 383 Å². The van der Waals surface area contributed by atoms with Gasteiger partial charge >= 0.3 is 0 Å². The summed E-state index contributed by atoms with van der Waals surface area (Å²) >= 11 is -0.632. The highest BCUT2D eigenvalue weighted by atomic mass is 127. The van der Waals surface area contributed by atoms with Gasteiger partial charge in [-0.05, 0) is 68.4 Å². The van der Waals surface area contributed by atoms with Crippen molar-refractivity contribution >= 4 is 56.3 Å². The molecule has 0 amide bonds. The minimum atomic E-state index is -0.632. The lowest BCUT2D eigenvalue weighted by atomic mass is 9.84. The second-order valence-electron chi connectivity index (χ2n) is 15.5. The van der Waals surface area contributed by atoms with Gasteiger partial charge in [0.2, 0.25) is 0 Å². The molecule has 1 unspecified atom stereocenters. The monoisotopic (exact) mass is 935 g/mol. The molecule has 0 N–H and O–H groups in total. The van der Waals surface area contributed by atoms with Gasteiger partial charge in [-0.3, -0.25) is 4.99 Å². The first kappa shape index (κ1) is 40.5. The molecule has 64 heavy (non-hydrogen) atoms. The molecule has 0 saturated heterocycles. The number of nitrogens with zero attached hydrogens (tertiary/aromatic N) is 5. The van der Waals surface area contributed by atoms with Gasteiger partial charge in [0.05, 0.1) is 6.04 Å². The number of hydrogen-bond donors (Lipinski definition) is 0. The maximum Gasteiger partial charge on any atom is 0.164 e. The SMILES string of the molecule is C=IC(=NC(=NC(C)c1ccccc1)c1ccc2c(-c3ccccc3)c3cc(-c4nc(-c5ccccc5)nc(-c5ccccc5)n4)ccc3c(-c3ccccc3)c2c1)c1ccccc1. The van der Waals surface area contributed by atoms with Crippen LogP contribution in [0.1, 0.15) is 29.7 Å². The first-order valence-electron chi connectivity index (χ1n) is 21.3. The molecule has 0 spiro atoms. The lowest BCUT2D eigenvalue weighted by molar-refractivity contribution is 0.819. The van der Waals surface area contributed by atoms with Gasteiger partial charge in [0, 0.05) is 27.8 Å². The molecule has 0 fully saturated rings. The van der Waals surface area contributed by atoms with E-state index in [1.54, 1.807) is 0 Å². The zero-order chi connectivity index (χ0) is 43.2. The summed E-state index contributed by atoms with van der Waals surface area (Å²) in [6.07, 6.45) is 0. The number of benzene rings is 9. The van der Waals surface area contributed by atoms with Crippen LogP contribution in [0.2, 0.25) is 0 Å². The van der Waals surface area contributed by atoms with Crippen molar-refractivity contribution in [3.63, 3.8) is 0 Å². The quantitative estimate of drug-likeness (QED) is 0.0594. The van der Waals surface area contributed by atoms with Crippen molar-refractivity contribution in [1.29, 1.82) is 0 Å². The average Bonchev–Trinajstić information content (AvgIpc) is 3.37. The summed E-state index contributed by atoms with van der Waals surface area (Å²) in [5.41, 5.74) is 10.4. The highest BCUT2D eigenvalue weighted by Crippen LogP contribution is 2.45. The fourth-order valence-corrected chi connectivity index (χ4v) is 9.47. The van der Waals surface area contributed by atoms with E-state index in [-0.39, 0.29) is 6.04 Å². The summed E-state index contributed by atoms with van der Waals surface area (Å²) in [5.74, 6) is 2.55. The summed E-state index contributed by atoms with van der Waals surface area (Å²) in [5, 5.41) is 4.45. The number of fused-ring (bicyclic) bond motifs is 2. The molecule has 0 radical (unpaired) electrons. The van der Waals surface area contributed by atoms with Gasteiger partial charge in [-0.15, -0.1) is 0 Å². The molecule has 9 aromatic carbocycles. The number of halogens is 1. The number of hydrogen-bond acceptors (Lipinski definition) is 4. The van der Waals surface area contributed by atoms with Gasteiger partial charge in [-0.2, -0.15) is 0 Å². The van der Waals surface area contributed by atoms with E-state index < -0.39 is 20.7 Å². The van der Waals surface area contributed by atoms with Crippen molar-refractivity contribution < 1.29 is 0 Å². The molecular formula is C58H42IN5. The molecule has 10 rings (SSSR count). The molecule has 0 aliphatic heterocycles. The predicted octanol–water partition coefficient (Wildman–Crippen LogP) is 14.9. The minimum absolute atomic E-state index is 0.126. The molecule has 306 valence electrons. The standard InChI is InChI=1S/C58H42IN5/c1-39(40-21-9-3-10-22-40)60-57(61-54(59-2)43-27-15-6-16-28-43)46-33-35-48-50(37-46)52(41-23-11-4-12-24-41)49-36-34-47(38-51(49)53(48)42-25-13-5-14-26-42)58-63-55(44-29-17-7-18-30-44)62-56(64-58)45-31-19-8-20-32-45/h3-39H,2H2,1H3. The maximum absolute atomic E-state index is 5.39. The summed E-state index contributed by atoms with van der Waals surface area (Å²) in [6, 6.07) is 75.7. The summed E-state index contributed by atoms with van der Waals surface area (Å²) < 4.78 is 5.40. The van der Waals surface area contributed by atoms with Crippen LogP contribution in [0.5, 0.6) is 0 Å². The number of aromatic nitrogens is 3. The average molecular weight is 936 g/mol. The Hall–Kier alpha value is -7.55. The van der Waals surface area contributed by atoms with Crippen LogP contribution in [0, 0.1) is 0 Å². The number of rotatable bonds is 10. The molecule has 0 aliphatic carbocycles. The van der Waals surface area contributed by atoms with Crippen LogP contribution in [0.25, 0.3) is 78.0 Å². The molecule has 0 saturated carbocycles. The van der Waals surface area contributed by atoms with Crippen molar-refractivity contribution in [2.45, 2.75) is 13.0 Å². The van der Waals surface area contributed by atoms with Gasteiger partial charge in [-0.25, -0.2) is 19.9 Å². The van der Waals surface area contributed by atoms with E-state index in [0.717, 1.165) is 80.9 Å². The van der Waals surface area contributed by atoms with E-state index in [0.29, 0.717) is 23.3 Å². The zero-order valence-electron chi connectivity index (χ0n) is 35.2. The van der Waals surface area contributed by atoms with Gasteiger partial charge < -0.3 is 0 Å². The molecule has 1 atom stereocenters. The van der Waals surface area contributed by atoms with E-state index in [1.165, 1.54) is 0 Å². The second-order valence-corrected chi connectivity index (χ2v) is 17.3. The lowest BCUT2D eigenvalue weighted by Gasteiger charge is -2.20. The Bertz CT molecular complexity index is 3260. The first-order valence-corrected chi connectivity index (χ1v) is 23.9. The first-order chi connectivity index (χ1) is 31.6. The highest BCUT2D eigenvalue weighted by Gasteiger charge is 2.21. The van der Waals surface area contributed by atoms with Crippen LogP contribution in [-0.4, -0.2) is 29.0 Å². The number of amidine groups is 1. The molecule has 5 nitrogen and oxygen atoms in total. The van der Waals surface area contributed by atoms with E-state index in [4.69, 9.17) is 24.9 Å². The van der Waals surface area contributed by atoms with Crippen LogP contribution in [0.4, 0.5) is 0 Å². The molecule has 10 aromatic rings. The zero-order valence-corrected chi connectivity index (χ0v) is 37.3. The van der Waals surface area contributed by atoms with Crippen LogP contribution >= 0.6 is 20.7 Å². The van der Waals surface area contributed by atoms with Gasteiger partial charge in [0.1, 0.15) is 3.72 Å². The summed E-state index contributed by atoms with van der Waals surface area (Å²) in [4.78, 5) is 26.0. The van der Waals surface area contributed by atoms with Gasteiger partial charge in [-0.1, -0.05) is 232 Å². The van der Waals surface area contributed by atoms with Gasteiger partial charge in [0.15, 0.2) is 23.3 Å². The van der Waals surface area contributed by atoms with Crippen molar-refractivity contribution in [2.24, 2.45) is 9.98 Å². The van der Waals surface area contributed by atoms with Crippen molar-refractivity contribution in [1.82, 2.24) is 15.0 Å². The van der Waals surface area contributed by atoms with Crippen molar-refractivity contribution in [2.75, 3.05) is 0 Å². The maximum atomic E-state index is 5.39. The lowest BCUT2D eigenvalue weighted by Crippen LogP contribution is -2.05. The van der Waals surface area contributed by atoms with E-state index in [9.17, 15) is 0 Å². The molecule has 1 heterocycles. The summed E-state index contributed by atoms with van der Waals surface area (Å²) in [6.45, 7) is 2.14. The highest BCUT2D eigenvalue weighted by molar-refractivity contribution is 14.2. The van der Waals surface area contributed by atoms with Crippen LogP contribution < -0.4 is 0 Å². The van der Waals surface area contributed by atoms with E-state index >= 15 is 0 Å². The molecule has 0 bridgehead atoms. The fourth-order valence-electron chi connectivity index (χ4n) is 8.27. The number of aliphatic imine (C=N–C) groups is 2. The van der Waals surface area contributed by atoms with Crippen LogP contribution in [-0.2, 0) is 0 Å². The van der Waals surface area contributed by atoms with Crippen molar-refractivity contribution in [3.05, 3.63) is 235 Å². The predicted molar refractivity (Wildman–Crippen MR) is 278 cm³/mol. The third-order valence-corrected chi connectivity index (χ3v) is 13.0. The molecule has 6 heteroatoms.